The number of aryl methyl sites for hydroxylation is 2. The quantitative estimate of drug-likeness (QED) is 0.623. The summed E-state index contributed by atoms with van der Waals surface area (Å²) >= 11 is 5.71. The van der Waals surface area contributed by atoms with Gasteiger partial charge < -0.3 is 9.47 Å². The first kappa shape index (κ1) is 16.8. The van der Waals surface area contributed by atoms with Crippen molar-refractivity contribution >= 4 is 33.4 Å². The van der Waals surface area contributed by atoms with Gasteiger partial charge in [0.1, 0.15) is 4.60 Å². The number of aromatic nitrogens is 3. The Bertz CT molecular complexity index is 873. The molecule has 3 aromatic rings. The lowest BCUT2D eigenvalue weighted by Crippen LogP contribution is -2.32. The lowest BCUT2D eigenvalue weighted by Gasteiger charge is -2.28. The van der Waals surface area contributed by atoms with Crippen LogP contribution in [0.1, 0.15) is 11.4 Å². The Morgan fingerprint density at radius 3 is 2.36 bits per heavy atom. The van der Waals surface area contributed by atoms with Crippen molar-refractivity contribution < 1.29 is 0 Å². The van der Waals surface area contributed by atoms with Gasteiger partial charge in [0.05, 0.1) is 5.69 Å². The molecule has 0 atom stereocenters. The van der Waals surface area contributed by atoms with Gasteiger partial charge in [-0.15, -0.1) is 5.10 Å². The second-order valence-electron chi connectivity index (χ2n) is 6.31. The van der Waals surface area contributed by atoms with E-state index in [9.17, 15) is 0 Å². The minimum absolute atomic E-state index is 0.937. The molecule has 0 N–H and O–H groups in total. The highest BCUT2D eigenvalue weighted by Gasteiger charge is 2.15. The van der Waals surface area contributed by atoms with Crippen molar-refractivity contribution in [3.8, 4) is 11.5 Å². The van der Waals surface area contributed by atoms with E-state index in [2.05, 4.69) is 81.7 Å². The smallest absolute Gasteiger partial charge is 0.160 e. The van der Waals surface area contributed by atoms with Crippen molar-refractivity contribution in [2.24, 2.45) is 0 Å². The van der Waals surface area contributed by atoms with Gasteiger partial charge >= 0.3 is 0 Å². The highest BCUT2D eigenvalue weighted by molar-refractivity contribution is 9.10. The predicted octanol–water partition coefficient (Wildman–Crippen LogP) is 4.60. The second-order valence-corrected chi connectivity index (χ2v) is 8.35. The summed E-state index contributed by atoms with van der Waals surface area (Å²) in [6.45, 7) is 6.44. The number of anilines is 1. The molecule has 0 radical (unpaired) electrons. The number of hydrogen-bond acceptors (Lipinski definition) is 3. The second kappa shape index (κ2) is 6.92. The Balaban J connectivity index is 1.71. The number of benzene rings is 1. The van der Waals surface area contributed by atoms with E-state index in [-0.39, 0.29) is 0 Å². The van der Waals surface area contributed by atoms with Gasteiger partial charge in [-0.3, -0.25) is 0 Å². The number of nitrogens with zero attached hydrogens (tertiary/aromatic N) is 4. The third-order valence-electron chi connectivity index (χ3n) is 4.60. The van der Waals surface area contributed by atoms with Crippen LogP contribution in [0.4, 0.5) is 5.69 Å². The summed E-state index contributed by atoms with van der Waals surface area (Å²) in [6.07, 6.45) is 0. The van der Waals surface area contributed by atoms with Gasteiger partial charge in [0.25, 0.3) is 0 Å². The molecule has 0 amide bonds. The first-order chi connectivity index (χ1) is 12.1. The van der Waals surface area contributed by atoms with Crippen molar-refractivity contribution in [2.45, 2.75) is 13.8 Å². The maximum atomic E-state index is 4.84. The van der Waals surface area contributed by atoms with Crippen LogP contribution in [0.5, 0.6) is 0 Å². The lowest BCUT2D eigenvalue weighted by molar-refractivity contribution is 0.813. The molecule has 1 aromatic carbocycles. The fourth-order valence-corrected chi connectivity index (χ4v) is 4.70. The molecule has 6 heteroatoms. The topological polar surface area (TPSA) is 26.0 Å². The molecule has 1 fully saturated rings. The van der Waals surface area contributed by atoms with Crippen molar-refractivity contribution in [1.82, 2.24) is 14.3 Å². The minimum Gasteiger partial charge on any atom is -0.370 e. The zero-order valence-electron chi connectivity index (χ0n) is 14.4. The molecule has 1 aliphatic rings. The summed E-state index contributed by atoms with van der Waals surface area (Å²) in [4.78, 5) is 2.46. The normalized spacial score (nSPS) is 14.9. The minimum atomic E-state index is 0.937. The van der Waals surface area contributed by atoms with E-state index in [0.29, 0.717) is 0 Å². The van der Waals surface area contributed by atoms with Crippen molar-refractivity contribution in [3.63, 3.8) is 0 Å². The first-order valence-corrected chi connectivity index (χ1v) is 10.4. The third-order valence-corrected chi connectivity index (χ3v) is 6.11. The third kappa shape index (κ3) is 3.25. The van der Waals surface area contributed by atoms with Crippen LogP contribution in [0.25, 0.3) is 11.5 Å². The van der Waals surface area contributed by atoms with Gasteiger partial charge in [-0.25, -0.2) is 4.68 Å². The van der Waals surface area contributed by atoms with E-state index in [0.717, 1.165) is 29.2 Å². The molecular weight excluding hydrogens is 396 g/mol. The number of rotatable bonds is 3. The molecule has 3 heterocycles. The SMILES string of the molecule is Cc1ccc(C)n1-c1cc(Br)n(-c2cccc(N3CCSCC3)c2)n1. The summed E-state index contributed by atoms with van der Waals surface area (Å²) in [7, 11) is 0. The Morgan fingerprint density at radius 1 is 0.960 bits per heavy atom. The molecule has 0 bridgehead atoms. The maximum Gasteiger partial charge on any atom is 0.160 e. The molecule has 2 aromatic heterocycles. The summed E-state index contributed by atoms with van der Waals surface area (Å²) in [5.41, 5.74) is 4.73. The van der Waals surface area contributed by atoms with Crippen LogP contribution in [-0.4, -0.2) is 38.9 Å². The van der Waals surface area contributed by atoms with Gasteiger partial charge in [-0.05, 0) is 60.1 Å². The average Bonchev–Trinajstić information content (AvgIpc) is 3.17. The van der Waals surface area contributed by atoms with E-state index in [4.69, 9.17) is 5.10 Å². The Hall–Kier alpha value is -1.66. The largest absolute Gasteiger partial charge is 0.370 e. The summed E-state index contributed by atoms with van der Waals surface area (Å²) < 4.78 is 5.10. The van der Waals surface area contributed by atoms with Crippen LogP contribution < -0.4 is 4.90 Å². The number of thioether (sulfide) groups is 1. The number of halogens is 1. The molecule has 1 saturated heterocycles. The molecule has 0 unspecified atom stereocenters. The predicted molar refractivity (Wildman–Crippen MR) is 110 cm³/mol. The fraction of sp³-hybridized carbons (Fsp3) is 0.316. The molecule has 0 aliphatic carbocycles. The van der Waals surface area contributed by atoms with Crippen LogP contribution in [0.2, 0.25) is 0 Å². The molecule has 4 nitrogen and oxygen atoms in total. The molecule has 130 valence electrons. The van der Waals surface area contributed by atoms with Gasteiger partial charge in [0.2, 0.25) is 0 Å². The number of hydrogen-bond donors (Lipinski definition) is 0. The lowest BCUT2D eigenvalue weighted by atomic mass is 10.2. The van der Waals surface area contributed by atoms with Crippen LogP contribution in [0.3, 0.4) is 0 Å². The average molecular weight is 417 g/mol. The van der Waals surface area contributed by atoms with E-state index in [1.807, 2.05) is 16.4 Å². The molecule has 4 rings (SSSR count). The van der Waals surface area contributed by atoms with Crippen LogP contribution in [0, 0.1) is 13.8 Å². The molecule has 0 saturated carbocycles. The molecule has 0 spiro atoms. The van der Waals surface area contributed by atoms with Crippen LogP contribution in [-0.2, 0) is 0 Å². The standard InChI is InChI=1S/C19H21BrN4S/c1-14-6-7-15(2)23(14)19-13-18(20)24(21-19)17-5-3-4-16(12-17)22-8-10-25-11-9-22/h3-7,12-13H,8-11H2,1-2H3. The van der Waals surface area contributed by atoms with Crippen LogP contribution in [0.15, 0.2) is 47.1 Å². The fourth-order valence-electron chi connectivity index (χ4n) is 3.31. The molecular formula is C19H21BrN4S. The van der Waals surface area contributed by atoms with Gasteiger partial charge in [-0.2, -0.15) is 11.8 Å². The summed E-state index contributed by atoms with van der Waals surface area (Å²) in [5.74, 6) is 3.34. The van der Waals surface area contributed by atoms with E-state index in [1.165, 1.54) is 28.6 Å². The molecule has 25 heavy (non-hydrogen) atoms. The maximum absolute atomic E-state index is 4.84. The Labute approximate surface area is 161 Å². The first-order valence-electron chi connectivity index (χ1n) is 8.47. The molecule has 1 aliphatic heterocycles. The van der Waals surface area contributed by atoms with Gasteiger partial charge in [-0.1, -0.05) is 6.07 Å². The van der Waals surface area contributed by atoms with E-state index in [1.54, 1.807) is 0 Å². The Morgan fingerprint density at radius 2 is 1.64 bits per heavy atom. The zero-order chi connectivity index (χ0) is 17.4. The zero-order valence-corrected chi connectivity index (χ0v) is 16.8. The highest BCUT2D eigenvalue weighted by atomic mass is 79.9. The van der Waals surface area contributed by atoms with Crippen molar-refractivity contribution in [2.75, 3.05) is 29.5 Å². The van der Waals surface area contributed by atoms with Crippen LogP contribution >= 0.6 is 27.7 Å². The summed E-state index contributed by atoms with van der Waals surface area (Å²) in [5, 5.41) is 4.84. The van der Waals surface area contributed by atoms with Gasteiger partial charge in [0.15, 0.2) is 5.82 Å². The Kier molecular flexibility index (Phi) is 4.65. The van der Waals surface area contributed by atoms with Crippen molar-refractivity contribution in [1.29, 1.82) is 0 Å². The van der Waals surface area contributed by atoms with Crippen molar-refractivity contribution in [3.05, 3.63) is 58.5 Å². The van der Waals surface area contributed by atoms with E-state index < -0.39 is 0 Å². The highest BCUT2D eigenvalue weighted by Crippen LogP contribution is 2.26. The van der Waals surface area contributed by atoms with Gasteiger partial charge in [0, 0.05) is 47.7 Å². The van der Waals surface area contributed by atoms with E-state index >= 15 is 0 Å². The summed E-state index contributed by atoms with van der Waals surface area (Å²) in [6, 6.07) is 15.0. The monoisotopic (exact) mass is 416 g/mol.